The maximum absolute atomic E-state index is 13.5. The molecule has 2 saturated heterocycles. The van der Waals surface area contributed by atoms with E-state index < -0.39 is 23.6 Å². The second-order valence-corrected chi connectivity index (χ2v) is 11.1. The van der Waals surface area contributed by atoms with Gasteiger partial charge in [-0.2, -0.15) is 18.3 Å². The van der Waals surface area contributed by atoms with Crippen molar-refractivity contribution in [3.63, 3.8) is 0 Å². The van der Waals surface area contributed by atoms with Crippen LogP contribution in [0.4, 0.5) is 18.0 Å². The number of aliphatic carboxylic acids is 1. The fourth-order valence-electron chi connectivity index (χ4n) is 5.16. The van der Waals surface area contributed by atoms with Gasteiger partial charge >= 0.3 is 12.1 Å². The lowest BCUT2D eigenvalue weighted by Gasteiger charge is -2.24. The number of carbonyl (C=O) groups is 3. The molecule has 1 unspecified atom stereocenters. The Morgan fingerprint density at radius 1 is 1.20 bits per heavy atom. The quantitative estimate of drug-likeness (QED) is 0.334. The topological polar surface area (TPSA) is 95.7 Å². The summed E-state index contributed by atoms with van der Waals surface area (Å²) in [6.45, 7) is 0.716. The van der Waals surface area contributed by atoms with E-state index in [0.717, 1.165) is 30.7 Å². The molecule has 0 saturated carbocycles. The van der Waals surface area contributed by atoms with Gasteiger partial charge in [-0.25, -0.2) is 0 Å². The molecule has 2 aliphatic heterocycles. The van der Waals surface area contributed by atoms with Gasteiger partial charge in [0.2, 0.25) is 0 Å². The summed E-state index contributed by atoms with van der Waals surface area (Å²) >= 11 is 6.63. The third kappa shape index (κ3) is 6.03. The Balaban J connectivity index is 1.29. The van der Waals surface area contributed by atoms with E-state index in [1.807, 2.05) is 4.90 Å². The average molecular weight is 593 g/mol. The van der Waals surface area contributed by atoms with Crippen LogP contribution in [0.2, 0.25) is 5.02 Å². The molecule has 1 atom stereocenters. The molecule has 13 heteroatoms. The van der Waals surface area contributed by atoms with Crippen molar-refractivity contribution in [1.82, 2.24) is 19.6 Å². The first-order valence-electron chi connectivity index (χ1n) is 12.5. The molecule has 2 fully saturated rings. The third-order valence-electron chi connectivity index (χ3n) is 7.06. The molecule has 0 spiro atoms. The van der Waals surface area contributed by atoms with Gasteiger partial charge in [-0.1, -0.05) is 23.7 Å². The lowest BCUT2D eigenvalue weighted by atomic mass is 10.1. The smallest absolute Gasteiger partial charge is 0.416 e. The van der Waals surface area contributed by atoms with Crippen LogP contribution in [-0.4, -0.2) is 67.5 Å². The lowest BCUT2D eigenvalue weighted by Crippen LogP contribution is -2.38. The monoisotopic (exact) mass is 592 g/mol. The van der Waals surface area contributed by atoms with E-state index in [-0.39, 0.29) is 46.4 Å². The number of likely N-dealkylation sites (tertiary alicyclic amines) is 1. The van der Waals surface area contributed by atoms with Gasteiger partial charge in [0.15, 0.2) is 0 Å². The van der Waals surface area contributed by atoms with Crippen molar-refractivity contribution in [2.45, 2.75) is 38.0 Å². The highest BCUT2D eigenvalue weighted by molar-refractivity contribution is 8.18. The number of benzene rings is 2. The first kappa shape index (κ1) is 28.2. The van der Waals surface area contributed by atoms with Crippen LogP contribution in [0.25, 0.3) is 17.0 Å². The molecule has 8 nitrogen and oxygen atoms in total. The highest BCUT2D eigenvalue weighted by Crippen LogP contribution is 2.35. The van der Waals surface area contributed by atoms with Crippen molar-refractivity contribution < 1.29 is 32.7 Å². The maximum Gasteiger partial charge on any atom is 0.416 e. The number of carbonyl (C=O) groups excluding carboxylic acids is 2. The number of alkyl halides is 3. The molecule has 3 aromatic rings. The summed E-state index contributed by atoms with van der Waals surface area (Å²) < 4.78 is 42.0. The van der Waals surface area contributed by atoms with Crippen molar-refractivity contribution >= 4 is 57.5 Å². The first-order chi connectivity index (χ1) is 19.0. The number of hydrogen-bond acceptors (Lipinski definition) is 6. The number of carboxylic acid groups (broad SMARTS) is 1. The number of aromatic nitrogens is 2. The van der Waals surface area contributed by atoms with Gasteiger partial charge in [0.1, 0.15) is 0 Å². The highest BCUT2D eigenvalue weighted by atomic mass is 35.5. The lowest BCUT2D eigenvalue weighted by molar-refractivity contribution is -0.139. The van der Waals surface area contributed by atoms with E-state index in [1.54, 1.807) is 24.3 Å². The van der Waals surface area contributed by atoms with Crippen molar-refractivity contribution in [2.75, 3.05) is 19.6 Å². The molecule has 1 aromatic heterocycles. The summed E-state index contributed by atoms with van der Waals surface area (Å²) in [4.78, 5) is 40.0. The molecular weight excluding hydrogens is 569 g/mol. The molecule has 2 aliphatic rings. The van der Waals surface area contributed by atoms with Crippen LogP contribution < -0.4 is 0 Å². The Labute approximate surface area is 236 Å². The van der Waals surface area contributed by atoms with E-state index in [4.69, 9.17) is 16.7 Å². The number of imide groups is 1. The van der Waals surface area contributed by atoms with Crippen LogP contribution in [0, 0.1) is 0 Å². The molecule has 40 heavy (non-hydrogen) atoms. The second-order valence-electron chi connectivity index (χ2n) is 9.70. The predicted molar refractivity (Wildman–Crippen MR) is 145 cm³/mol. The normalized spacial score (nSPS) is 19.4. The number of rotatable bonds is 8. The summed E-state index contributed by atoms with van der Waals surface area (Å²) in [5, 5.41) is 13.6. The number of hydrogen-bond donors (Lipinski definition) is 1. The fourth-order valence-corrected chi connectivity index (χ4v) is 6.20. The number of fused-ring (bicyclic) bond motifs is 1. The third-order valence-corrected chi connectivity index (χ3v) is 8.20. The summed E-state index contributed by atoms with van der Waals surface area (Å²) in [5.74, 6) is -1.31. The summed E-state index contributed by atoms with van der Waals surface area (Å²) in [6, 6.07) is 8.81. The number of carboxylic acids is 1. The van der Waals surface area contributed by atoms with Gasteiger partial charge in [0.25, 0.3) is 11.1 Å². The molecule has 0 bridgehead atoms. The van der Waals surface area contributed by atoms with Crippen LogP contribution >= 0.6 is 23.4 Å². The van der Waals surface area contributed by atoms with Crippen LogP contribution in [0.3, 0.4) is 0 Å². The molecule has 3 heterocycles. The molecule has 210 valence electrons. The Kier molecular flexibility index (Phi) is 7.94. The Hall–Kier alpha value is -3.35. The zero-order valence-electron chi connectivity index (χ0n) is 21.0. The van der Waals surface area contributed by atoms with E-state index in [0.29, 0.717) is 29.4 Å². The first-order valence-corrected chi connectivity index (χ1v) is 13.7. The van der Waals surface area contributed by atoms with Crippen molar-refractivity contribution in [2.24, 2.45) is 0 Å². The Bertz CT molecular complexity index is 1520. The summed E-state index contributed by atoms with van der Waals surface area (Å²) in [5.41, 5.74) is 0.459. The predicted octanol–water partition coefficient (Wildman–Crippen LogP) is 5.73. The van der Waals surface area contributed by atoms with Gasteiger partial charge in [-0.3, -0.25) is 28.9 Å². The number of nitrogens with zero attached hydrogens (tertiary/aromatic N) is 4. The standard InChI is InChI=1S/C27H24ClF3N4O4S/c28-19-5-4-17(21(12-19)27(29,30)31)14-35-22-6-3-16(10-18(22)13-32-35)11-23-25(38)34(26(39)40-23)9-7-20-2-1-8-33(20)15-24(36)37/h3-6,10-13,20H,1-2,7-9,14-15H2,(H,36,37). The molecule has 2 aromatic carbocycles. The van der Waals surface area contributed by atoms with E-state index in [1.165, 1.54) is 27.9 Å². The molecule has 5 rings (SSSR count). The summed E-state index contributed by atoms with van der Waals surface area (Å²) in [7, 11) is 0. The van der Waals surface area contributed by atoms with Crippen LogP contribution in [0.15, 0.2) is 47.5 Å². The minimum atomic E-state index is -4.56. The van der Waals surface area contributed by atoms with E-state index in [9.17, 15) is 27.6 Å². The Morgan fingerprint density at radius 2 is 2.00 bits per heavy atom. The highest BCUT2D eigenvalue weighted by Gasteiger charge is 2.36. The largest absolute Gasteiger partial charge is 0.480 e. The summed E-state index contributed by atoms with van der Waals surface area (Å²) in [6.07, 6.45) is 0.785. The zero-order chi connectivity index (χ0) is 28.6. The fraction of sp³-hybridized carbons (Fsp3) is 0.333. The maximum atomic E-state index is 13.5. The van der Waals surface area contributed by atoms with Gasteiger partial charge < -0.3 is 5.11 Å². The van der Waals surface area contributed by atoms with Crippen molar-refractivity contribution in [1.29, 1.82) is 0 Å². The van der Waals surface area contributed by atoms with Crippen molar-refractivity contribution in [3.05, 3.63) is 69.2 Å². The van der Waals surface area contributed by atoms with Gasteiger partial charge in [-0.15, -0.1) is 0 Å². The van der Waals surface area contributed by atoms with Crippen LogP contribution in [-0.2, 0) is 22.3 Å². The van der Waals surface area contributed by atoms with E-state index in [2.05, 4.69) is 5.10 Å². The minimum Gasteiger partial charge on any atom is -0.480 e. The number of thioether (sulfide) groups is 1. The Morgan fingerprint density at radius 3 is 2.75 bits per heavy atom. The number of amides is 2. The zero-order valence-corrected chi connectivity index (χ0v) is 22.6. The second kappa shape index (κ2) is 11.3. The molecular formula is C27H24ClF3N4O4S. The molecule has 1 N–H and O–H groups in total. The van der Waals surface area contributed by atoms with Crippen LogP contribution in [0.1, 0.15) is 36.0 Å². The molecule has 2 amide bonds. The van der Waals surface area contributed by atoms with Gasteiger partial charge in [-0.05, 0) is 79.0 Å². The average Bonchev–Trinajstić information content (AvgIpc) is 3.56. The number of halogens is 4. The van der Waals surface area contributed by atoms with Crippen molar-refractivity contribution in [3.8, 4) is 0 Å². The van der Waals surface area contributed by atoms with Gasteiger partial charge in [0.05, 0.1) is 35.3 Å². The minimum absolute atomic E-state index is 0.00542. The molecule has 0 radical (unpaired) electrons. The van der Waals surface area contributed by atoms with Gasteiger partial charge in [0, 0.05) is 23.0 Å². The van der Waals surface area contributed by atoms with Crippen LogP contribution in [0.5, 0.6) is 0 Å². The SMILES string of the molecule is O=C(O)CN1CCCC1CCN1C(=O)SC(=Cc2ccc3c(cnn3Cc3ccc(Cl)cc3C(F)(F)F)c2)C1=O. The molecule has 0 aliphatic carbocycles. The van der Waals surface area contributed by atoms with E-state index >= 15 is 0 Å².